The number of ether oxygens (including phenoxy) is 1. The monoisotopic (exact) mass is 362 g/mol. The lowest BCUT2D eigenvalue weighted by atomic mass is 9.95. The Morgan fingerprint density at radius 1 is 1.20 bits per heavy atom. The Hall–Kier alpha value is -1.69. The smallest absolute Gasteiger partial charge is 0.370 e. The number of ketones is 1. The first kappa shape index (κ1) is 23.3. The summed E-state index contributed by atoms with van der Waals surface area (Å²) >= 11 is 0. The normalized spacial score (nSPS) is 16.6. The summed E-state index contributed by atoms with van der Waals surface area (Å²) < 4.78 is 57.8. The van der Waals surface area contributed by atoms with Crippen molar-refractivity contribution in [1.29, 1.82) is 0 Å². The summed E-state index contributed by atoms with van der Waals surface area (Å²) in [7, 11) is 0. The number of allylic oxidation sites excluding steroid dienone is 7. The highest BCUT2D eigenvalue weighted by Gasteiger charge is 2.34. The zero-order valence-corrected chi connectivity index (χ0v) is 15.1. The van der Waals surface area contributed by atoms with Crippen molar-refractivity contribution in [2.45, 2.75) is 46.4 Å². The average molecular weight is 362 g/mol. The molecule has 0 bridgehead atoms. The lowest BCUT2D eigenvalue weighted by Gasteiger charge is -2.16. The van der Waals surface area contributed by atoms with E-state index in [0.29, 0.717) is 6.61 Å². The highest BCUT2D eigenvalue weighted by atomic mass is 19.4. The second-order valence-corrected chi connectivity index (χ2v) is 5.51. The molecule has 0 saturated heterocycles. The van der Waals surface area contributed by atoms with E-state index in [2.05, 4.69) is 0 Å². The molecule has 2 unspecified atom stereocenters. The SMILES string of the molecule is C/C=C\C(CF)/C(C)=C(/C=C\C=C\C(=O)C(C)OCCC)C(F)(F)F. The van der Waals surface area contributed by atoms with Gasteiger partial charge in [0.2, 0.25) is 0 Å². The van der Waals surface area contributed by atoms with E-state index in [4.69, 9.17) is 4.74 Å². The molecule has 25 heavy (non-hydrogen) atoms. The number of carbonyl (C=O) groups is 1. The molecule has 0 fully saturated rings. The molecule has 0 aromatic rings. The third kappa shape index (κ3) is 8.82. The van der Waals surface area contributed by atoms with Crippen LogP contribution in [0.3, 0.4) is 0 Å². The van der Waals surface area contributed by atoms with Crippen LogP contribution in [-0.2, 0) is 9.53 Å². The van der Waals surface area contributed by atoms with Crippen molar-refractivity contribution in [1.82, 2.24) is 0 Å². The number of halogens is 4. The predicted octanol–water partition coefficient (Wildman–Crippen LogP) is 5.52. The molecule has 0 aliphatic carbocycles. The average Bonchev–Trinajstić information content (AvgIpc) is 2.55. The molecule has 0 aromatic heterocycles. The van der Waals surface area contributed by atoms with Crippen LogP contribution in [0.1, 0.15) is 34.1 Å². The van der Waals surface area contributed by atoms with E-state index in [1.165, 1.54) is 31.2 Å². The topological polar surface area (TPSA) is 26.3 Å². The number of rotatable bonds is 10. The number of carbonyl (C=O) groups excluding carboxylic acids is 1. The lowest BCUT2D eigenvalue weighted by Crippen LogP contribution is -2.18. The molecule has 0 N–H and O–H groups in total. The van der Waals surface area contributed by atoms with Gasteiger partial charge in [0.05, 0.1) is 12.2 Å². The van der Waals surface area contributed by atoms with Gasteiger partial charge in [-0.05, 0) is 33.3 Å². The van der Waals surface area contributed by atoms with E-state index in [9.17, 15) is 22.4 Å². The van der Waals surface area contributed by atoms with Crippen LogP contribution in [0.25, 0.3) is 0 Å². The minimum Gasteiger partial charge on any atom is -0.370 e. The van der Waals surface area contributed by atoms with Crippen molar-refractivity contribution in [3.05, 3.63) is 47.6 Å². The van der Waals surface area contributed by atoms with Crippen LogP contribution in [0.4, 0.5) is 17.6 Å². The summed E-state index contributed by atoms with van der Waals surface area (Å²) in [6.45, 7) is 5.89. The fourth-order valence-electron chi connectivity index (χ4n) is 2.01. The van der Waals surface area contributed by atoms with Crippen molar-refractivity contribution in [2.24, 2.45) is 5.92 Å². The molecular weight excluding hydrogens is 336 g/mol. The fourth-order valence-corrected chi connectivity index (χ4v) is 2.01. The molecule has 2 nitrogen and oxygen atoms in total. The third-order valence-corrected chi connectivity index (χ3v) is 3.48. The molecule has 142 valence electrons. The van der Waals surface area contributed by atoms with E-state index in [1.807, 2.05) is 6.92 Å². The molecule has 0 saturated carbocycles. The second kappa shape index (κ2) is 11.8. The number of hydrogen-bond donors (Lipinski definition) is 0. The van der Waals surface area contributed by atoms with Gasteiger partial charge in [0.25, 0.3) is 0 Å². The minimum absolute atomic E-state index is 0.108. The summed E-state index contributed by atoms with van der Waals surface area (Å²) in [6.07, 6.45) is 2.79. The molecule has 0 radical (unpaired) electrons. The van der Waals surface area contributed by atoms with Crippen molar-refractivity contribution >= 4 is 5.78 Å². The van der Waals surface area contributed by atoms with Crippen LogP contribution in [0.5, 0.6) is 0 Å². The van der Waals surface area contributed by atoms with Gasteiger partial charge in [-0.3, -0.25) is 9.18 Å². The molecule has 6 heteroatoms. The first-order chi connectivity index (χ1) is 11.7. The maximum absolute atomic E-state index is 13.2. The van der Waals surface area contributed by atoms with Gasteiger partial charge in [-0.1, -0.05) is 42.9 Å². The predicted molar refractivity (Wildman–Crippen MR) is 92.0 cm³/mol. The van der Waals surface area contributed by atoms with Crippen LogP contribution in [0.2, 0.25) is 0 Å². The van der Waals surface area contributed by atoms with Crippen LogP contribution in [-0.4, -0.2) is 31.3 Å². The van der Waals surface area contributed by atoms with Crippen LogP contribution in [0.15, 0.2) is 47.6 Å². The Morgan fingerprint density at radius 3 is 2.28 bits per heavy atom. The lowest BCUT2D eigenvalue weighted by molar-refractivity contribution is -0.124. The molecule has 0 rings (SSSR count). The van der Waals surface area contributed by atoms with Gasteiger partial charge in [0.15, 0.2) is 5.78 Å². The summed E-state index contributed by atoms with van der Waals surface area (Å²) in [6, 6.07) is 0. The Kier molecular flexibility index (Phi) is 11.0. The Balaban J connectivity index is 5.27. The Morgan fingerprint density at radius 2 is 1.80 bits per heavy atom. The molecule has 0 spiro atoms. The summed E-state index contributed by atoms with van der Waals surface area (Å²) in [4.78, 5) is 11.7. The van der Waals surface area contributed by atoms with Gasteiger partial charge in [-0.25, -0.2) is 0 Å². The molecule has 0 aromatic carbocycles. The highest BCUT2D eigenvalue weighted by Crippen LogP contribution is 2.32. The summed E-state index contributed by atoms with van der Waals surface area (Å²) in [5.41, 5.74) is -1.02. The minimum atomic E-state index is -4.61. The van der Waals surface area contributed by atoms with E-state index in [-0.39, 0.29) is 11.4 Å². The quantitative estimate of drug-likeness (QED) is 0.221. The van der Waals surface area contributed by atoms with Gasteiger partial charge >= 0.3 is 6.18 Å². The largest absolute Gasteiger partial charge is 0.416 e. The first-order valence-electron chi connectivity index (χ1n) is 8.15. The van der Waals surface area contributed by atoms with E-state index in [1.54, 1.807) is 13.8 Å². The Bertz CT molecular complexity index is 528. The second-order valence-electron chi connectivity index (χ2n) is 5.51. The zero-order chi connectivity index (χ0) is 19.5. The fraction of sp³-hybridized carbons (Fsp3) is 0.526. The number of alkyl halides is 4. The summed E-state index contributed by atoms with van der Waals surface area (Å²) in [5.74, 6) is -1.26. The third-order valence-electron chi connectivity index (χ3n) is 3.48. The first-order valence-corrected chi connectivity index (χ1v) is 8.15. The zero-order valence-electron chi connectivity index (χ0n) is 15.1. The molecule has 0 aliphatic heterocycles. The van der Waals surface area contributed by atoms with Gasteiger partial charge in [0, 0.05) is 12.5 Å². The van der Waals surface area contributed by atoms with Crippen LogP contribution < -0.4 is 0 Å². The maximum atomic E-state index is 13.2. The van der Waals surface area contributed by atoms with Gasteiger partial charge in [-0.2, -0.15) is 13.2 Å². The molecular formula is C19H26F4O2. The van der Waals surface area contributed by atoms with Crippen molar-refractivity contribution in [3.63, 3.8) is 0 Å². The van der Waals surface area contributed by atoms with Crippen molar-refractivity contribution in [3.8, 4) is 0 Å². The Labute approximate surface area is 146 Å². The molecule has 0 aliphatic rings. The standard InChI is InChI=1S/C19H26F4O2/c1-5-9-16(13-20)14(3)17(19(21,22)23)10-7-8-11-18(24)15(4)25-12-6-2/h5,7-11,15-16H,6,12-13H2,1-4H3/b9-5-,10-7-,11-8+,17-14-. The molecule has 0 heterocycles. The van der Waals surface area contributed by atoms with Gasteiger partial charge in [-0.15, -0.1) is 0 Å². The summed E-state index contributed by atoms with van der Waals surface area (Å²) in [5, 5.41) is 0. The maximum Gasteiger partial charge on any atom is 0.416 e. The number of hydrogen-bond acceptors (Lipinski definition) is 2. The van der Waals surface area contributed by atoms with Gasteiger partial charge in [0.1, 0.15) is 6.10 Å². The van der Waals surface area contributed by atoms with E-state index >= 15 is 0 Å². The highest BCUT2D eigenvalue weighted by molar-refractivity contribution is 5.93. The van der Waals surface area contributed by atoms with Gasteiger partial charge < -0.3 is 4.74 Å². The van der Waals surface area contributed by atoms with Crippen molar-refractivity contribution in [2.75, 3.05) is 13.3 Å². The molecule has 2 atom stereocenters. The van der Waals surface area contributed by atoms with E-state index in [0.717, 1.165) is 18.6 Å². The van der Waals surface area contributed by atoms with E-state index < -0.39 is 30.4 Å². The molecule has 0 amide bonds. The van der Waals surface area contributed by atoms with Crippen molar-refractivity contribution < 1.29 is 27.1 Å². The van der Waals surface area contributed by atoms with Crippen LogP contribution >= 0.6 is 0 Å². The van der Waals surface area contributed by atoms with Crippen LogP contribution in [0, 0.1) is 5.92 Å².